The molecule has 0 spiro atoms. The zero-order valence-electron chi connectivity index (χ0n) is 22.9. The fraction of sp³-hybridized carbons (Fsp3) is 0.357. The summed E-state index contributed by atoms with van der Waals surface area (Å²) in [7, 11) is 0. The lowest BCUT2D eigenvalue weighted by molar-refractivity contribution is 0.0743. The van der Waals surface area contributed by atoms with E-state index in [-0.39, 0.29) is 46.5 Å². The summed E-state index contributed by atoms with van der Waals surface area (Å²) in [6.07, 6.45) is 1.75. The fourth-order valence-electron chi connectivity index (χ4n) is 4.70. The Labute approximate surface area is 235 Å². The molecule has 0 aliphatic carbocycles. The molecule has 1 aromatic carbocycles. The van der Waals surface area contributed by atoms with Gasteiger partial charge in [-0.1, -0.05) is 26.0 Å². The third-order valence-electron chi connectivity index (χ3n) is 7.07. The molecule has 1 saturated heterocycles. The first-order chi connectivity index (χ1) is 19.2. The van der Waals surface area contributed by atoms with E-state index >= 15 is 0 Å². The van der Waals surface area contributed by atoms with Crippen molar-refractivity contribution in [2.24, 2.45) is 14.7 Å². The van der Waals surface area contributed by atoms with Gasteiger partial charge in [0.1, 0.15) is 17.3 Å². The first kappa shape index (κ1) is 27.4. The highest BCUT2D eigenvalue weighted by Crippen LogP contribution is 2.31. The van der Waals surface area contributed by atoms with Gasteiger partial charge in [0, 0.05) is 32.4 Å². The summed E-state index contributed by atoms with van der Waals surface area (Å²) in [6.45, 7) is 10.3. The van der Waals surface area contributed by atoms with Crippen molar-refractivity contribution in [3.63, 3.8) is 0 Å². The van der Waals surface area contributed by atoms with Crippen molar-refractivity contribution in [3.05, 3.63) is 71.3 Å². The van der Waals surface area contributed by atoms with E-state index in [0.717, 1.165) is 22.9 Å². The maximum Gasteiger partial charge on any atom is 0.269 e. The smallest absolute Gasteiger partial charge is 0.269 e. The summed E-state index contributed by atoms with van der Waals surface area (Å²) in [4.78, 5) is 21.6. The van der Waals surface area contributed by atoms with Gasteiger partial charge in [-0.15, -0.1) is 8.80 Å². The molecular weight excluding hydrogens is 530 g/mol. The predicted molar refractivity (Wildman–Crippen MR) is 156 cm³/mol. The Morgan fingerprint density at radius 1 is 1.05 bits per heavy atom. The molecule has 2 aliphatic rings. The lowest BCUT2D eigenvalue weighted by Gasteiger charge is -2.35. The third kappa shape index (κ3) is 5.71. The second-order valence-electron chi connectivity index (χ2n) is 10.2. The standard InChI is InChI=1S/C28H33N7O4S/c1-17(2)24(22-16-18(3)19(4)39-22)31-27-26(32-40(38)33-27)30-21-9-7-8-20(25(21)36)28(37)35-14-12-34(13-15-35)23-10-5-6-11-29-23/h5-11,16-17,24,36H,12-15H2,1-4H3,(H,30,32)(H,31,33)/t24-,40?/m1/s1. The van der Waals surface area contributed by atoms with Crippen LogP contribution in [0.25, 0.3) is 0 Å². The Morgan fingerprint density at radius 2 is 1.80 bits per heavy atom. The number of furan rings is 1. The van der Waals surface area contributed by atoms with E-state index in [1.165, 1.54) is 0 Å². The van der Waals surface area contributed by atoms with Gasteiger partial charge in [-0.2, -0.15) is 0 Å². The zero-order valence-corrected chi connectivity index (χ0v) is 23.7. The number of aromatic nitrogens is 1. The van der Waals surface area contributed by atoms with Gasteiger partial charge in [0.25, 0.3) is 17.1 Å². The Kier molecular flexibility index (Phi) is 7.88. The summed E-state index contributed by atoms with van der Waals surface area (Å²) < 4.78 is 26.5. The van der Waals surface area contributed by atoms with Crippen LogP contribution in [-0.2, 0) is 11.2 Å². The van der Waals surface area contributed by atoms with Gasteiger partial charge in [-0.05, 0) is 55.7 Å². The van der Waals surface area contributed by atoms with Crippen LogP contribution in [0.4, 0.5) is 11.5 Å². The van der Waals surface area contributed by atoms with Crippen LogP contribution in [0.3, 0.4) is 0 Å². The number of aryl methyl sites for hydroxylation is 2. The highest BCUT2D eigenvalue weighted by Gasteiger charge is 2.29. The molecule has 40 heavy (non-hydrogen) atoms. The van der Waals surface area contributed by atoms with E-state index in [1.807, 2.05) is 52.0 Å². The molecule has 3 N–H and O–H groups in total. The van der Waals surface area contributed by atoms with Crippen molar-refractivity contribution in [3.8, 4) is 5.75 Å². The van der Waals surface area contributed by atoms with Crippen molar-refractivity contribution in [1.29, 1.82) is 0 Å². The lowest BCUT2D eigenvalue weighted by atomic mass is 10.0. The first-order valence-corrected chi connectivity index (χ1v) is 14.2. The summed E-state index contributed by atoms with van der Waals surface area (Å²) in [6, 6.07) is 12.4. The lowest BCUT2D eigenvalue weighted by Crippen LogP contribution is -2.49. The van der Waals surface area contributed by atoms with Gasteiger partial charge in [0.15, 0.2) is 17.4 Å². The third-order valence-corrected chi connectivity index (χ3v) is 7.75. The number of phenols is 1. The molecule has 2 atom stereocenters. The molecule has 2 aliphatic heterocycles. The molecular formula is C28H33N7O4S. The van der Waals surface area contributed by atoms with Crippen LogP contribution in [0.1, 0.15) is 47.3 Å². The molecule has 1 unspecified atom stereocenters. The maximum atomic E-state index is 13.4. The van der Waals surface area contributed by atoms with E-state index in [1.54, 1.807) is 29.3 Å². The number of nitrogens with one attached hydrogen (secondary N) is 2. The molecule has 4 heterocycles. The molecule has 210 valence electrons. The van der Waals surface area contributed by atoms with Crippen LogP contribution >= 0.6 is 0 Å². The molecule has 12 heteroatoms. The minimum Gasteiger partial charge on any atom is -0.505 e. The number of piperazine rings is 1. The number of anilines is 2. The molecule has 3 aromatic rings. The topological polar surface area (TPSA) is 136 Å². The van der Waals surface area contributed by atoms with Crippen molar-refractivity contribution < 1.29 is 18.5 Å². The van der Waals surface area contributed by atoms with Crippen molar-refractivity contribution >= 4 is 40.3 Å². The average molecular weight is 564 g/mol. The SMILES string of the molecule is Cc1cc([C@H](NC2=NS(=O)N=C2Nc2cccc(C(=O)N3CCN(c4ccccn4)CC3)c2O)C(C)C)oc1C. The molecule has 2 aromatic heterocycles. The summed E-state index contributed by atoms with van der Waals surface area (Å²) in [5.74, 6) is 2.57. The minimum atomic E-state index is -1.83. The second kappa shape index (κ2) is 11.5. The molecule has 0 radical (unpaired) electrons. The van der Waals surface area contributed by atoms with Gasteiger partial charge in [0.2, 0.25) is 0 Å². The number of phenolic OH excluding ortho intramolecular Hbond substituents is 1. The number of amides is 1. The molecule has 0 saturated carbocycles. The highest BCUT2D eigenvalue weighted by atomic mass is 32.2. The largest absolute Gasteiger partial charge is 0.505 e. The van der Waals surface area contributed by atoms with E-state index in [0.29, 0.717) is 26.2 Å². The average Bonchev–Trinajstić information content (AvgIpc) is 3.47. The second-order valence-corrected chi connectivity index (χ2v) is 11.0. The predicted octanol–water partition coefficient (Wildman–Crippen LogP) is 3.75. The normalized spacial score (nSPS) is 18.0. The Bertz CT molecular complexity index is 1460. The number of amidine groups is 2. The van der Waals surface area contributed by atoms with Gasteiger partial charge in [-0.25, -0.2) is 9.19 Å². The fourth-order valence-corrected chi connectivity index (χ4v) is 5.33. The van der Waals surface area contributed by atoms with Gasteiger partial charge in [-0.3, -0.25) is 4.79 Å². The zero-order chi connectivity index (χ0) is 28.4. The van der Waals surface area contributed by atoms with Crippen molar-refractivity contribution in [2.75, 3.05) is 36.4 Å². The number of hydrogen-bond acceptors (Lipinski definition) is 8. The van der Waals surface area contributed by atoms with E-state index in [4.69, 9.17) is 4.42 Å². The van der Waals surface area contributed by atoms with Crippen LogP contribution in [0.5, 0.6) is 5.75 Å². The van der Waals surface area contributed by atoms with Crippen LogP contribution in [0.2, 0.25) is 0 Å². The number of hydrogen-bond donors (Lipinski definition) is 3. The van der Waals surface area contributed by atoms with Crippen LogP contribution in [0, 0.1) is 19.8 Å². The number of carbonyl (C=O) groups is 1. The minimum absolute atomic E-state index is 0.121. The summed E-state index contributed by atoms with van der Waals surface area (Å²) >= 11 is -1.83. The Hall–Kier alpha value is -4.19. The van der Waals surface area contributed by atoms with E-state index in [2.05, 4.69) is 29.3 Å². The van der Waals surface area contributed by atoms with Crippen molar-refractivity contribution in [2.45, 2.75) is 33.7 Å². The van der Waals surface area contributed by atoms with E-state index in [9.17, 15) is 14.1 Å². The monoisotopic (exact) mass is 563 g/mol. The molecule has 11 nitrogen and oxygen atoms in total. The van der Waals surface area contributed by atoms with Gasteiger partial charge in [0.05, 0.1) is 17.3 Å². The first-order valence-electron chi connectivity index (χ1n) is 13.2. The molecule has 1 amide bonds. The molecule has 0 bridgehead atoms. The Morgan fingerprint density at radius 3 is 2.45 bits per heavy atom. The Balaban J connectivity index is 1.29. The van der Waals surface area contributed by atoms with Crippen LogP contribution in [0.15, 0.2) is 61.9 Å². The quantitative estimate of drug-likeness (QED) is 0.386. The molecule has 1 fully saturated rings. The number of carbonyl (C=O) groups excluding carboxylic acids is 1. The molecule has 5 rings (SSSR count). The van der Waals surface area contributed by atoms with Crippen LogP contribution in [-0.4, -0.2) is 63.0 Å². The van der Waals surface area contributed by atoms with Crippen molar-refractivity contribution in [1.82, 2.24) is 15.2 Å². The maximum absolute atomic E-state index is 13.4. The van der Waals surface area contributed by atoms with E-state index < -0.39 is 11.2 Å². The van der Waals surface area contributed by atoms with Gasteiger partial charge < -0.3 is 30.0 Å². The number of pyridine rings is 1. The van der Waals surface area contributed by atoms with Crippen LogP contribution < -0.4 is 15.5 Å². The number of rotatable bonds is 6. The highest BCUT2D eigenvalue weighted by molar-refractivity contribution is 7.83. The summed E-state index contributed by atoms with van der Waals surface area (Å²) in [5.41, 5.74) is 1.47. The number of benzene rings is 1. The number of nitrogens with zero attached hydrogens (tertiary/aromatic N) is 5. The number of para-hydroxylation sites is 1. The summed E-state index contributed by atoms with van der Waals surface area (Å²) in [5, 5.41) is 17.4. The number of aromatic hydroxyl groups is 1. The van der Waals surface area contributed by atoms with Gasteiger partial charge >= 0.3 is 0 Å².